The van der Waals surface area contributed by atoms with E-state index in [0.717, 1.165) is 30.0 Å². The zero-order valence-corrected chi connectivity index (χ0v) is 9.28. The molecule has 0 fully saturated rings. The molecule has 1 aromatic rings. The zero-order chi connectivity index (χ0) is 10.6. The van der Waals surface area contributed by atoms with Gasteiger partial charge < -0.3 is 0 Å². The summed E-state index contributed by atoms with van der Waals surface area (Å²) in [5, 5.41) is 1.02. The average Bonchev–Trinajstić information content (AvgIpc) is 2.60. The van der Waals surface area contributed by atoms with E-state index in [4.69, 9.17) is 5.84 Å². The predicted molar refractivity (Wildman–Crippen MR) is 57.1 cm³/mol. The van der Waals surface area contributed by atoms with Gasteiger partial charge in [-0.15, -0.1) is 11.3 Å². The number of rotatable bonds is 4. The second-order valence-electron chi connectivity index (χ2n) is 2.96. The quantitative estimate of drug-likeness (QED) is 0.449. The molecule has 14 heavy (non-hydrogen) atoms. The molecule has 0 spiro atoms. The van der Waals surface area contributed by atoms with Crippen molar-refractivity contribution >= 4 is 17.2 Å². The van der Waals surface area contributed by atoms with Gasteiger partial charge in [0.05, 0.1) is 10.7 Å². The number of nitrogens with one attached hydrogen (secondary N) is 1. The van der Waals surface area contributed by atoms with E-state index >= 15 is 0 Å². The summed E-state index contributed by atoms with van der Waals surface area (Å²) in [6.07, 6.45) is 2.73. The van der Waals surface area contributed by atoms with Crippen LogP contribution in [-0.4, -0.2) is 10.9 Å². The first-order valence-electron chi connectivity index (χ1n) is 4.72. The lowest BCUT2D eigenvalue weighted by Crippen LogP contribution is -2.30. The van der Waals surface area contributed by atoms with Gasteiger partial charge in [-0.25, -0.2) is 10.8 Å². The Balaban J connectivity index is 2.96. The molecule has 5 heteroatoms. The smallest absolute Gasteiger partial charge is 0.277 e. The van der Waals surface area contributed by atoms with E-state index in [9.17, 15) is 4.79 Å². The van der Waals surface area contributed by atoms with Gasteiger partial charge in [0.1, 0.15) is 4.88 Å². The molecule has 0 unspecified atom stereocenters. The van der Waals surface area contributed by atoms with E-state index in [0.29, 0.717) is 4.88 Å². The summed E-state index contributed by atoms with van der Waals surface area (Å²) < 4.78 is 0. The van der Waals surface area contributed by atoms with Gasteiger partial charge >= 0.3 is 0 Å². The molecule has 0 aliphatic carbocycles. The van der Waals surface area contributed by atoms with Gasteiger partial charge in [-0.05, 0) is 19.3 Å². The summed E-state index contributed by atoms with van der Waals surface area (Å²) in [7, 11) is 0. The number of hydrazine groups is 1. The predicted octanol–water partition coefficient (Wildman–Crippen LogP) is 1.26. The summed E-state index contributed by atoms with van der Waals surface area (Å²) in [5.41, 5.74) is 2.99. The molecule has 0 saturated heterocycles. The highest BCUT2D eigenvalue weighted by Gasteiger charge is 2.15. The Bertz CT molecular complexity index is 322. The molecular weight excluding hydrogens is 198 g/mol. The van der Waals surface area contributed by atoms with Crippen molar-refractivity contribution in [3.8, 4) is 0 Å². The molecule has 1 rings (SSSR count). The lowest BCUT2D eigenvalue weighted by molar-refractivity contribution is 0.0956. The maximum absolute atomic E-state index is 11.3. The van der Waals surface area contributed by atoms with Crippen molar-refractivity contribution in [2.24, 2.45) is 5.84 Å². The fraction of sp³-hybridized carbons (Fsp3) is 0.556. The van der Waals surface area contributed by atoms with Gasteiger partial charge in [0.25, 0.3) is 5.91 Å². The van der Waals surface area contributed by atoms with Crippen LogP contribution in [0.3, 0.4) is 0 Å². The summed E-state index contributed by atoms with van der Waals surface area (Å²) >= 11 is 1.44. The molecule has 0 bridgehead atoms. The summed E-state index contributed by atoms with van der Waals surface area (Å²) in [6, 6.07) is 0. The Hall–Kier alpha value is -0.940. The first-order valence-corrected chi connectivity index (χ1v) is 5.54. The standard InChI is InChI=1S/C9H15N3OS/c1-3-5-7-11-6(4-2)8(14-7)9(13)12-10/h3-5,10H2,1-2H3,(H,12,13). The van der Waals surface area contributed by atoms with Crippen LogP contribution in [-0.2, 0) is 12.8 Å². The molecule has 0 radical (unpaired) electrons. The monoisotopic (exact) mass is 213 g/mol. The van der Waals surface area contributed by atoms with Crippen molar-refractivity contribution in [3.63, 3.8) is 0 Å². The normalized spacial score (nSPS) is 10.2. The Morgan fingerprint density at radius 3 is 2.79 bits per heavy atom. The summed E-state index contributed by atoms with van der Waals surface area (Å²) in [4.78, 5) is 16.4. The van der Waals surface area contributed by atoms with Crippen LogP contribution >= 0.6 is 11.3 Å². The maximum Gasteiger partial charge on any atom is 0.277 e. The van der Waals surface area contributed by atoms with Gasteiger partial charge in [-0.2, -0.15) is 0 Å². The first kappa shape index (κ1) is 11.1. The van der Waals surface area contributed by atoms with Crippen LogP contribution < -0.4 is 11.3 Å². The van der Waals surface area contributed by atoms with Crippen molar-refractivity contribution in [3.05, 3.63) is 15.6 Å². The molecule has 1 aromatic heterocycles. The van der Waals surface area contributed by atoms with Crippen LogP contribution in [0.5, 0.6) is 0 Å². The number of aromatic nitrogens is 1. The summed E-state index contributed by atoms with van der Waals surface area (Å²) in [6.45, 7) is 4.08. The lowest BCUT2D eigenvalue weighted by Gasteiger charge is -1.95. The van der Waals surface area contributed by atoms with Gasteiger partial charge in [-0.3, -0.25) is 10.2 Å². The van der Waals surface area contributed by atoms with E-state index in [2.05, 4.69) is 17.3 Å². The molecule has 0 aliphatic heterocycles. The van der Waals surface area contributed by atoms with Crippen LogP contribution in [0.25, 0.3) is 0 Å². The highest BCUT2D eigenvalue weighted by atomic mass is 32.1. The topological polar surface area (TPSA) is 68.0 Å². The van der Waals surface area contributed by atoms with Crippen LogP contribution in [0.4, 0.5) is 0 Å². The number of aryl methyl sites for hydroxylation is 2. The molecule has 0 atom stereocenters. The third-order valence-corrected chi connectivity index (χ3v) is 3.03. The minimum atomic E-state index is -0.235. The Morgan fingerprint density at radius 1 is 1.57 bits per heavy atom. The number of nitrogens with zero attached hydrogens (tertiary/aromatic N) is 1. The number of carbonyl (C=O) groups excluding carboxylic acids is 1. The molecule has 3 N–H and O–H groups in total. The van der Waals surface area contributed by atoms with Crippen LogP contribution in [0.15, 0.2) is 0 Å². The largest absolute Gasteiger partial charge is 0.289 e. The van der Waals surface area contributed by atoms with Gasteiger partial charge in [-0.1, -0.05) is 13.8 Å². The molecule has 0 saturated carbocycles. The highest BCUT2D eigenvalue weighted by Crippen LogP contribution is 2.20. The van der Waals surface area contributed by atoms with Gasteiger partial charge in [0, 0.05) is 0 Å². The Kier molecular flexibility index (Phi) is 4.03. The number of nitrogen functional groups attached to an aromatic ring is 1. The van der Waals surface area contributed by atoms with Gasteiger partial charge in [0.15, 0.2) is 0 Å². The fourth-order valence-electron chi connectivity index (χ4n) is 1.20. The van der Waals surface area contributed by atoms with Crippen LogP contribution in [0.1, 0.15) is 40.6 Å². The van der Waals surface area contributed by atoms with E-state index in [1.165, 1.54) is 11.3 Å². The number of nitrogens with two attached hydrogens (primary N) is 1. The zero-order valence-electron chi connectivity index (χ0n) is 8.46. The van der Waals surface area contributed by atoms with Crippen LogP contribution in [0.2, 0.25) is 0 Å². The molecular formula is C9H15N3OS. The van der Waals surface area contributed by atoms with E-state index in [1.807, 2.05) is 6.92 Å². The third kappa shape index (κ3) is 2.30. The molecule has 0 aliphatic rings. The SMILES string of the molecule is CCCc1nc(CC)c(C(=O)NN)s1. The Labute approximate surface area is 87.5 Å². The molecule has 1 heterocycles. The van der Waals surface area contributed by atoms with Crippen molar-refractivity contribution in [1.29, 1.82) is 0 Å². The first-order chi connectivity index (χ1) is 6.72. The molecule has 78 valence electrons. The Morgan fingerprint density at radius 2 is 2.29 bits per heavy atom. The van der Waals surface area contributed by atoms with Crippen LogP contribution in [0, 0.1) is 0 Å². The number of amides is 1. The third-order valence-electron chi connectivity index (χ3n) is 1.88. The number of hydrogen-bond acceptors (Lipinski definition) is 4. The fourth-order valence-corrected chi connectivity index (χ4v) is 2.36. The van der Waals surface area contributed by atoms with E-state index < -0.39 is 0 Å². The number of hydrogen-bond donors (Lipinski definition) is 2. The number of carbonyl (C=O) groups is 1. The van der Waals surface area contributed by atoms with Crippen molar-refractivity contribution in [2.75, 3.05) is 0 Å². The second-order valence-corrected chi connectivity index (χ2v) is 4.04. The molecule has 4 nitrogen and oxygen atoms in total. The van der Waals surface area contributed by atoms with E-state index in [-0.39, 0.29) is 5.91 Å². The molecule has 1 amide bonds. The minimum absolute atomic E-state index is 0.235. The van der Waals surface area contributed by atoms with Gasteiger partial charge in [0.2, 0.25) is 0 Å². The average molecular weight is 213 g/mol. The lowest BCUT2D eigenvalue weighted by atomic mass is 10.3. The van der Waals surface area contributed by atoms with Crippen molar-refractivity contribution < 1.29 is 4.79 Å². The summed E-state index contributed by atoms with van der Waals surface area (Å²) in [5.74, 6) is 4.86. The number of thiazole rings is 1. The maximum atomic E-state index is 11.3. The second kappa shape index (κ2) is 5.07. The highest BCUT2D eigenvalue weighted by molar-refractivity contribution is 7.13. The van der Waals surface area contributed by atoms with Crippen molar-refractivity contribution in [1.82, 2.24) is 10.4 Å². The van der Waals surface area contributed by atoms with E-state index in [1.54, 1.807) is 0 Å². The minimum Gasteiger partial charge on any atom is -0.289 e. The van der Waals surface area contributed by atoms with Crippen molar-refractivity contribution in [2.45, 2.75) is 33.1 Å². The molecule has 0 aromatic carbocycles.